The van der Waals surface area contributed by atoms with Crippen LogP contribution in [0.3, 0.4) is 0 Å². The van der Waals surface area contributed by atoms with Crippen LogP contribution in [0.2, 0.25) is 0 Å². The van der Waals surface area contributed by atoms with E-state index in [0.29, 0.717) is 5.69 Å². The van der Waals surface area contributed by atoms with Crippen molar-refractivity contribution in [3.05, 3.63) is 41.5 Å². The van der Waals surface area contributed by atoms with Gasteiger partial charge in [0.05, 0.1) is 11.4 Å². The van der Waals surface area contributed by atoms with Crippen LogP contribution in [0.25, 0.3) is 0 Å². The van der Waals surface area contributed by atoms with E-state index >= 15 is 0 Å². The highest BCUT2D eigenvalue weighted by Crippen LogP contribution is 2.27. The first-order valence-corrected chi connectivity index (χ1v) is 7.32. The van der Waals surface area contributed by atoms with E-state index in [1.165, 1.54) is 25.2 Å². The molecule has 18 heavy (non-hydrogen) atoms. The van der Waals surface area contributed by atoms with Crippen molar-refractivity contribution in [1.82, 2.24) is 0 Å². The van der Waals surface area contributed by atoms with E-state index in [2.05, 4.69) is 0 Å². The Kier molecular flexibility index (Phi) is 3.27. The van der Waals surface area contributed by atoms with Crippen LogP contribution in [0.1, 0.15) is 0 Å². The van der Waals surface area contributed by atoms with Gasteiger partial charge in [-0.25, -0.2) is 12.8 Å². The predicted molar refractivity (Wildman–Crippen MR) is 70.7 cm³/mol. The molecule has 96 valence electrons. The van der Waals surface area contributed by atoms with Crippen molar-refractivity contribution in [2.45, 2.75) is 4.21 Å². The summed E-state index contributed by atoms with van der Waals surface area (Å²) in [6.45, 7) is 0. The molecule has 1 aromatic heterocycles. The number of nitrogen functional groups attached to an aromatic ring is 1. The molecule has 1 heterocycles. The van der Waals surface area contributed by atoms with Crippen molar-refractivity contribution in [1.29, 1.82) is 0 Å². The lowest BCUT2D eigenvalue weighted by molar-refractivity contribution is 0.596. The van der Waals surface area contributed by atoms with Gasteiger partial charge < -0.3 is 5.73 Å². The summed E-state index contributed by atoms with van der Waals surface area (Å²) in [5.74, 6) is -0.569. The number of thiophene rings is 1. The van der Waals surface area contributed by atoms with Crippen LogP contribution in [0.5, 0.6) is 0 Å². The Morgan fingerprint density at radius 1 is 1.33 bits per heavy atom. The largest absolute Gasteiger partial charge is 0.396 e. The molecule has 4 nitrogen and oxygen atoms in total. The minimum atomic E-state index is -3.60. The number of halogens is 1. The van der Waals surface area contributed by atoms with Crippen LogP contribution in [-0.2, 0) is 10.0 Å². The first-order valence-electron chi connectivity index (χ1n) is 5.00. The van der Waals surface area contributed by atoms with Gasteiger partial charge >= 0.3 is 0 Å². The summed E-state index contributed by atoms with van der Waals surface area (Å²) in [5.41, 5.74) is 5.67. The highest BCUT2D eigenvalue weighted by molar-refractivity contribution is 7.94. The molecular weight excluding hydrogens is 275 g/mol. The molecule has 0 atom stereocenters. The lowest BCUT2D eigenvalue weighted by Gasteiger charge is -2.18. The van der Waals surface area contributed by atoms with E-state index in [9.17, 15) is 12.8 Å². The van der Waals surface area contributed by atoms with Gasteiger partial charge in [0, 0.05) is 7.05 Å². The highest BCUT2D eigenvalue weighted by atomic mass is 32.2. The van der Waals surface area contributed by atoms with Crippen LogP contribution >= 0.6 is 11.3 Å². The number of sulfonamides is 1. The quantitative estimate of drug-likeness (QED) is 0.881. The minimum absolute atomic E-state index is 0.0827. The Morgan fingerprint density at radius 2 is 2.06 bits per heavy atom. The molecule has 0 amide bonds. The molecule has 0 spiro atoms. The maximum atomic E-state index is 13.0. The number of nitrogens with two attached hydrogens (primary N) is 1. The second-order valence-corrected chi connectivity index (χ2v) is 6.75. The van der Waals surface area contributed by atoms with Gasteiger partial charge in [0.25, 0.3) is 10.0 Å². The van der Waals surface area contributed by atoms with Gasteiger partial charge in [0.1, 0.15) is 10.0 Å². The van der Waals surface area contributed by atoms with Gasteiger partial charge in [-0.1, -0.05) is 6.07 Å². The molecule has 0 saturated heterocycles. The summed E-state index contributed by atoms with van der Waals surface area (Å²) >= 11 is 1.13. The average molecular weight is 286 g/mol. The summed E-state index contributed by atoms with van der Waals surface area (Å²) in [7, 11) is -2.20. The van der Waals surface area contributed by atoms with Crippen LogP contribution < -0.4 is 10.0 Å². The van der Waals surface area contributed by atoms with Crippen molar-refractivity contribution < 1.29 is 12.8 Å². The van der Waals surface area contributed by atoms with Crippen molar-refractivity contribution in [3.63, 3.8) is 0 Å². The monoisotopic (exact) mass is 286 g/mol. The minimum Gasteiger partial charge on any atom is -0.396 e. The zero-order valence-corrected chi connectivity index (χ0v) is 11.1. The second-order valence-electron chi connectivity index (χ2n) is 3.61. The molecule has 2 aromatic rings. The number of hydrogen-bond acceptors (Lipinski definition) is 4. The molecule has 0 fully saturated rings. The third-order valence-corrected chi connectivity index (χ3v) is 5.61. The Morgan fingerprint density at radius 3 is 2.61 bits per heavy atom. The van der Waals surface area contributed by atoms with E-state index in [1.54, 1.807) is 11.4 Å². The van der Waals surface area contributed by atoms with E-state index < -0.39 is 15.8 Å². The third-order valence-electron chi connectivity index (χ3n) is 2.45. The lowest BCUT2D eigenvalue weighted by atomic mass is 10.3. The number of rotatable bonds is 3. The van der Waals surface area contributed by atoms with Crippen molar-refractivity contribution in [3.8, 4) is 0 Å². The number of anilines is 2. The maximum Gasteiger partial charge on any atom is 0.273 e. The Labute approximate surface area is 109 Å². The van der Waals surface area contributed by atoms with Gasteiger partial charge in [-0.3, -0.25) is 4.31 Å². The SMILES string of the molecule is CN(c1ccc(F)c(N)c1)S(=O)(=O)c1cccs1. The smallest absolute Gasteiger partial charge is 0.273 e. The predicted octanol–water partition coefficient (Wildman–Crippen LogP) is 2.29. The van der Waals surface area contributed by atoms with E-state index in [4.69, 9.17) is 5.73 Å². The second kappa shape index (κ2) is 4.58. The third kappa shape index (κ3) is 2.19. The van der Waals surface area contributed by atoms with Crippen molar-refractivity contribution in [2.75, 3.05) is 17.1 Å². The van der Waals surface area contributed by atoms with E-state index in [1.807, 2.05) is 0 Å². The summed E-state index contributed by atoms with van der Waals surface area (Å²) in [5, 5.41) is 1.68. The summed E-state index contributed by atoms with van der Waals surface area (Å²) in [4.78, 5) is 0. The molecule has 0 aliphatic carbocycles. The average Bonchev–Trinajstić information content (AvgIpc) is 2.86. The Hall–Kier alpha value is -1.60. The van der Waals surface area contributed by atoms with Crippen LogP contribution in [0.15, 0.2) is 39.9 Å². The summed E-state index contributed by atoms with van der Waals surface area (Å²) in [6.07, 6.45) is 0. The highest BCUT2D eigenvalue weighted by Gasteiger charge is 2.22. The molecular formula is C11H11FN2O2S2. The van der Waals surface area contributed by atoms with E-state index in [0.717, 1.165) is 21.7 Å². The lowest BCUT2D eigenvalue weighted by Crippen LogP contribution is -2.25. The molecule has 0 unspecified atom stereocenters. The zero-order valence-electron chi connectivity index (χ0n) is 9.50. The number of nitrogens with zero attached hydrogens (tertiary/aromatic N) is 1. The number of benzene rings is 1. The Bertz CT molecular complexity index is 654. The van der Waals surface area contributed by atoms with Crippen LogP contribution in [0, 0.1) is 5.82 Å². The molecule has 1 aromatic carbocycles. The first-order chi connectivity index (χ1) is 8.43. The normalized spacial score (nSPS) is 11.4. The zero-order chi connectivity index (χ0) is 13.3. The molecule has 0 radical (unpaired) electrons. The van der Waals surface area contributed by atoms with Gasteiger partial charge in [-0.2, -0.15) is 0 Å². The molecule has 2 rings (SSSR count). The Balaban J connectivity index is 2.43. The van der Waals surface area contributed by atoms with Crippen LogP contribution in [-0.4, -0.2) is 15.5 Å². The topological polar surface area (TPSA) is 63.4 Å². The summed E-state index contributed by atoms with van der Waals surface area (Å²) < 4.78 is 38.7. The fourth-order valence-electron chi connectivity index (χ4n) is 1.41. The first kappa shape index (κ1) is 12.8. The summed E-state index contributed by atoms with van der Waals surface area (Å²) in [6, 6.07) is 6.98. The fourth-order valence-corrected chi connectivity index (χ4v) is 3.76. The van der Waals surface area contributed by atoms with Crippen molar-refractivity contribution >= 4 is 32.7 Å². The van der Waals surface area contributed by atoms with Gasteiger partial charge in [0.15, 0.2) is 0 Å². The van der Waals surface area contributed by atoms with Crippen LogP contribution in [0.4, 0.5) is 15.8 Å². The fraction of sp³-hybridized carbons (Fsp3) is 0.0909. The molecule has 0 bridgehead atoms. The number of hydrogen-bond donors (Lipinski definition) is 1. The van der Waals surface area contributed by atoms with Gasteiger partial charge in [-0.15, -0.1) is 11.3 Å². The van der Waals surface area contributed by atoms with Gasteiger partial charge in [-0.05, 0) is 29.6 Å². The standard InChI is InChI=1S/C11H11FN2O2S2/c1-14(8-4-5-9(12)10(13)7-8)18(15,16)11-3-2-6-17-11/h2-7H,13H2,1H3. The maximum absolute atomic E-state index is 13.0. The van der Waals surface area contributed by atoms with Crippen molar-refractivity contribution in [2.24, 2.45) is 0 Å². The molecule has 7 heteroatoms. The van der Waals surface area contributed by atoms with Gasteiger partial charge in [0.2, 0.25) is 0 Å². The molecule has 0 aliphatic heterocycles. The molecule has 0 aliphatic rings. The molecule has 0 saturated carbocycles. The van der Waals surface area contributed by atoms with E-state index in [-0.39, 0.29) is 9.90 Å². The molecule has 2 N–H and O–H groups in total.